The normalized spacial score (nSPS) is 16.5. The van der Waals surface area contributed by atoms with Gasteiger partial charge in [-0.3, -0.25) is 0 Å². The van der Waals surface area contributed by atoms with Gasteiger partial charge in [0, 0.05) is 13.1 Å². The molecule has 0 aliphatic heterocycles. The maximum atomic E-state index is 9.63. The van der Waals surface area contributed by atoms with Crippen LogP contribution in [0.2, 0.25) is 0 Å². The fraction of sp³-hybridized carbons (Fsp3) is 1.00. The second-order valence-corrected chi connectivity index (χ2v) is 3.79. The van der Waals surface area contributed by atoms with Crippen LogP contribution in [0, 0.1) is 0 Å². The van der Waals surface area contributed by atoms with Gasteiger partial charge in [0.25, 0.3) is 0 Å². The van der Waals surface area contributed by atoms with Gasteiger partial charge in [0.2, 0.25) is 0 Å². The van der Waals surface area contributed by atoms with Gasteiger partial charge in [-0.25, -0.2) is 0 Å². The number of likely N-dealkylation sites (N-methyl/N-ethyl adjacent to an activating group) is 1. The molecular weight excluding hydrogens is 152 g/mol. The summed E-state index contributed by atoms with van der Waals surface area (Å²) in [5.74, 6) is 0. The van der Waals surface area contributed by atoms with E-state index in [9.17, 15) is 5.11 Å². The monoisotopic (exact) mass is 174 g/mol. The molecule has 0 aromatic carbocycles. The molecule has 0 spiro atoms. The Balaban J connectivity index is 3.60. The van der Waals surface area contributed by atoms with Crippen molar-refractivity contribution in [3.63, 3.8) is 0 Å². The number of nitrogens with two attached hydrogens (primary N) is 1. The van der Waals surface area contributed by atoms with E-state index in [1.54, 1.807) is 6.92 Å². The maximum absolute atomic E-state index is 9.63. The minimum atomic E-state index is -0.734. The molecule has 0 aromatic rings. The fourth-order valence-electron chi connectivity index (χ4n) is 1.15. The summed E-state index contributed by atoms with van der Waals surface area (Å²) in [6, 6.07) is 0. The molecule has 3 heteroatoms. The molecule has 0 aliphatic rings. The number of hydrogen-bond acceptors (Lipinski definition) is 3. The number of aliphatic hydroxyl groups is 1. The summed E-state index contributed by atoms with van der Waals surface area (Å²) >= 11 is 0. The standard InChI is InChI=1S/C9H22N2O/c1-4-5-6-11(3)8-9(2,12)7-10/h12H,4-8,10H2,1-3H3. The van der Waals surface area contributed by atoms with E-state index in [4.69, 9.17) is 5.73 Å². The van der Waals surface area contributed by atoms with E-state index in [0.717, 1.165) is 6.54 Å². The molecule has 3 nitrogen and oxygen atoms in total. The molecule has 0 amide bonds. The van der Waals surface area contributed by atoms with Crippen molar-refractivity contribution in [3.8, 4) is 0 Å². The molecule has 1 atom stereocenters. The van der Waals surface area contributed by atoms with Crippen LogP contribution in [0.5, 0.6) is 0 Å². The highest BCUT2D eigenvalue weighted by Crippen LogP contribution is 2.03. The SMILES string of the molecule is CCCCN(C)CC(C)(O)CN. The third-order valence-electron chi connectivity index (χ3n) is 1.94. The number of hydrogen-bond donors (Lipinski definition) is 2. The molecular formula is C9H22N2O. The van der Waals surface area contributed by atoms with Gasteiger partial charge in [-0.05, 0) is 26.9 Å². The predicted molar refractivity (Wildman–Crippen MR) is 52.1 cm³/mol. The van der Waals surface area contributed by atoms with Crippen molar-refractivity contribution in [1.29, 1.82) is 0 Å². The average molecular weight is 174 g/mol. The third-order valence-corrected chi connectivity index (χ3v) is 1.94. The molecule has 0 saturated carbocycles. The highest BCUT2D eigenvalue weighted by molar-refractivity contribution is 4.76. The van der Waals surface area contributed by atoms with Crippen LogP contribution in [0.25, 0.3) is 0 Å². The van der Waals surface area contributed by atoms with Crippen LogP contribution < -0.4 is 5.73 Å². The highest BCUT2D eigenvalue weighted by atomic mass is 16.3. The van der Waals surface area contributed by atoms with E-state index in [1.807, 2.05) is 7.05 Å². The molecule has 0 saturated heterocycles. The average Bonchev–Trinajstić information content (AvgIpc) is 2.00. The third kappa shape index (κ3) is 5.52. The Morgan fingerprint density at radius 3 is 2.50 bits per heavy atom. The van der Waals surface area contributed by atoms with E-state index in [-0.39, 0.29) is 0 Å². The summed E-state index contributed by atoms with van der Waals surface area (Å²) in [5, 5.41) is 9.63. The molecule has 0 rings (SSSR count). The second-order valence-electron chi connectivity index (χ2n) is 3.79. The van der Waals surface area contributed by atoms with Gasteiger partial charge >= 0.3 is 0 Å². The van der Waals surface area contributed by atoms with Gasteiger partial charge in [-0.1, -0.05) is 13.3 Å². The zero-order valence-electron chi connectivity index (χ0n) is 8.51. The van der Waals surface area contributed by atoms with E-state index >= 15 is 0 Å². The van der Waals surface area contributed by atoms with Crippen LogP contribution in [0.3, 0.4) is 0 Å². The Hall–Kier alpha value is -0.120. The molecule has 0 bridgehead atoms. The number of unbranched alkanes of at least 4 members (excludes halogenated alkanes) is 1. The van der Waals surface area contributed by atoms with Crippen LogP contribution in [-0.4, -0.2) is 42.3 Å². The van der Waals surface area contributed by atoms with Crippen LogP contribution in [-0.2, 0) is 0 Å². The van der Waals surface area contributed by atoms with Gasteiger partial charge in [0.05, 0.1) is 5.60 Å². The Kier molecular flexibility index (Phi) is 5.46. The quantitative estimate of drug-likeness (QED) is 0.614. The van der Waals surface area contributed by atoms with E-state index in [1.165, 1.54) is 12.8 Å². The summed E-state index contributed by atoms with van der Waals surface area (Å²) in [6.45, 7) is 5.95. The molecule has 74 valence electrons. The van der Waals surface area contributed by atoms with Crippen molar-refractivity contribution in [2.75, 3.05) is 26.7 Å². The lowest BCUT2D eigenvalue weighted by molar-refractivity contribution is 0.0349. The zero-order valence-corrected chi connectivity index (χ0v) is 8.51. The molecule has 12 heavy (non-hydrogen) atoms. The number of rotatable bonds is 6. The van der Waals surface area contributed by atoms with E-state index < -0.39 is 5.60 Å². The molecule has 0 radical (unpaired) electrons. The Morgan fingerprint density at radius 1 is 1.50 bits per heavy atom. The Labute approximate surface area is 75.6 Å². The first kappa shape index (κ1) is 11.9. The maximum Gasteiger partial charge on any atom is 0.0867 e. The number of nitrogens with zero attached hydrogens (tertiary/aromatic N) is 1. The van der Waals surface area contributed by atoms with Crippen molar-refractivity contribution < 1.29 is 5.11 Å². The summed E-state index contributed by atoms with van der Waals surface area (Å²) in [4.78, 5) is 2.12. The fourth-order valence-corrected chi connectivity index (χ4v) is 1.15. The zero-order chi connectivity index (χ0) is 9.61. The topological polar surface area (TPSA) is 49.5 Å². The van der Waals surface area contributed by atoms with Gasteiger partial charge in [0.1, 0.15) is 0 Å². The van der Waals surface area contributed by atoms with Gasteiger partial charge in [-0.15, -0.1) is 0 Å². The first-order chi connectivity index (χ1) is 5.52. The first-order valence-electron chi connectivity index (χ1n) is 4.63. The lowest BCUT2D eigenvalue weighted by Gasteiger charge is -2.27. The van der Waals surface area contributed by atoms with Crippen LogP contribution in [0.1, 0.15) is 26.7 Å². The summed E-state index contributed by atoms with van der Waals surface area (Å²) in [7, 11) is 2.01. The van der Waals surface area contributed by atoms with Crippen LogP contribution in [0.15, 0.2) is 0 Å². The lowest BCUT2D eigenvalue weighted by Crippen LogP contribution is -2.44. The highest BCUT2D eigenvalue weighted by Gasteiger charge is 2.19. The molecule has 0 heterocycles. The second kappa shape index (κ2) is 5.51. The van der Waals surface area contributed by atoms with Gasteiger partial charge < -0.3 is 15.7 Å². The van der Waals surface area contributed by atoms with Gasteiger partial charge in [0.15, 0.2) is 0 Å². The molecule has 1 unspecified atom stereocenters. The predicted octanol–water partition coefficient (Wildman–Crippen LogP) is 0.428. The van der Waals surface area contributed by atoms with Crippen LogP contribution >= 0.6 is 0 Å². The minimum absolute atomic E-state index is 0.323. The van der Waals surface area contributed by atoms with Crippen molar-refractivity contribution in [2.45, 2.75) is 32.3 Å². The van der Waals surface area contributed by atoms with Crippen molar-refractivity contribution in [1.82, 2.24) is 4.90 Å². The Bertz CT molecular complexity index is 115. The van der Waals surface area contributed by atoms with E-state index in [2.05, 4.69) is 11.8 Å². The Morgan fingerprint density at radius 2 is 2.08 bits per heavy atom. The van der Waals surface area contributed by atoms with Gasteiger partial charge in [-0.2, -0.15) is 0 Å². The lowest BCUT2D eigenvalue weighted by atomic mass is 10.1. The minimum Gasteiger partial charge on any atom is -0.388 e. The van der Waals surface area contributed by atoms with Crippen LogP contribution in [0.4, 0.5) is 0 Å². The molecule has 0 fully saturated rings. The van der Waals surface area contributed by atoms with Crippen molar-refractivity contribution >= 4 is 0 Å². The molecule has 0 aliphatic carbocycles. The smallest absolute Gasteiger partial charge is 0.0867 e. The first-order valence-corrected chi connectivity index (χ1v) is 4.63. The molecule has 0 aromatic heterocycles. The summed E-state index contributed by atoms with van der Waals surface area (Å²) in [6.07, 6.45) is 2.37. The van der Waals surface area contributed by atoms with Crippen molar-refractivity contribution in [2.24, 2.45) is 5.73 Å². The van der Waals surface area contributed by atoms with E-state index in [0.29, 0.717) is 13.1 Å². The summed E-state index contributed by atoms with van der Waals surface area (Å²) in [5.41, 5.74) is 4.67. The van der Waals surface area contributed by atoms with Crippen molar-refractivity contribution in [3.05, 3.63) is 0 Å². The molecule has 3 N–H and O–H groups in total. The summed E-state index contributed by atoms with van der Waals surface area (Å²) < 4.78 is 0. The largest absolute Gasteiger partial charge is 0.388 e.